The van der Waals surface area contributed by atoms with Crippen molar-refractivity contribution in [2.45, 2.75) is 46.2 Å². The van der Waals surface area contributed by atoms with Gasteiger partial charge >= 0.3 is 0 Å². The molecule has 0 radical (unpaired) electrons. The van der Waals surface area contributed by atoms with Crippen molar-refractivity contribution in [2.24, 2.45) is 11.8 Å². The number of aryl methyl sites for hydroxylation is 1. The van der Waals surface area contributed by atoms with E-state index in [1.807, 2.05) is 12.1 Å². The van der Waals surface area contributed by atoms with Crippen LogP contribution in [0.2, 0.25) is 0 Å². The first-order valence-corrected chi connectivity index (χ1v) is 9.67. The lowest BCUT2D eigenvalue weighted by Gasteiger charge is -2.35. The topological polar surface area (TPSA) is 45.5 Å². The minimum absolute atomic E-state index is 0.0572. The average Bonchev–Trinajstić information content (AvgIpc) is 3.12. The summed E-state index contributed by atoms with van der Waals surface area (Å²) in [4.78, 5) is 14.5. The van der Waals surface area contributed by atoms with E-state index in [4.69, 9.17) is 4.42 Å². The fraction of sp³-hybridized carbons (Fsp3) is 0.500. The molecular formula is C22H30N2O2. The number of amides is 1. The molecule has 0 spiro atoms. The number of piperidine rings is 1. The third-order valence-electron chi connectivity index (χ3n) is 5.04. The van der Waals surface area contributed by atoms with Crippen molar-refractivity contribution >= 4 is 5.91 Å². The highest BCUT2D eigenvalue weighted by atomic mass is 16.3. The third-order valence-corrected chi connectivity index (χ3v) is 5.04. The molecule has 0 aliphatic carbocycles. The van der Waals surface area contributed by atoms with Crippen molar-refractivity contribution in [1.29, 1.82) is 0 Å². The molecule has 140 valence electrons. The number of nitrogens with zero attached hydrogens (tertiary/aromatic N) is 1. The molecule has 1 aromatic carbocycles. The third kappa shape index (κ3) is 5.73. The van der Waals surface area contributed by atoms with Crippen LogP contribution in [-0.2, 0) is 24.3 Å². The van der Waals surface area contributed by atoms with Gasteiger partial charge in [-0.25, -0.2) is 0 Å². The highest BCUT2D eigenvalue weighted by molar-refractivity contribution is 5.76. The minimum atomic E-state index is 0.0572. The van der Waals surface area contributed by atoms with Gasteiger partial charge in [-0.2, -0.15) is 0 Å². The number of benzene rings is 1. The fourth-order valence-corrected chi connectivity index (χ4v) is 3.92. The molecule has 1 N–H and O–H groups in total. The maximum atomic E-state index is 11.9. The molecule has 26 heavy (non-hydrogen) atoms. The zero-order valence-electron chi connectivity index (χ0n) is 15.9. The van der Waals surface area contributed by atoms with Gasteiger partial charge in [0, 0.05) is 39.0 Å². The van der Waals surface area contributed by atoms with Crippen LogP contribution in [0.3, 0.4) is 0 Å². The van der Waals surface area contributed by atoms with E-state index in [-0.39, 0.29) is 5.91 Å². The first-order chi connectivity index (χ1) is 12.6. The fourth-order valence-electron chi connectivity index (χ4n) is 3.92. The second-order valence-corrected chi connectivity index (χ2v) is 7.81. The zero-order valence-corrected chi connectivity index (χ0v) is 15.9. The Morgan fingerprint density at radius 3 is 2.46 bits per heavy atom. The number of hydrogen-bond acceptors (Lipinski definition) is 3. The van der Waals surface area contributed by atoms with Crippen LogP contribution in [0, 0.1) is 11.8 Å². The van der Waals surface area contributed by atoms with E-state index in [1.54, 1.807) is 6.26 Å². The molecule has 1 amide bonds. The van der Waals surface area contributed by atoms with Crippen molar-refractivity contribution in [1.82, 2.24) is 10.2 Å². The van der Waals surface area contributed by atoms with E-state index < -0.39 is 0 Å². The summed E-state index contributed by atoms with van der Waals surface area (Å²) in [5.74, 6) is 2.48. The van der Waals surface area contributed by atoms with E-state index >= 15 is 0 Å². The number of likely N-dealkylation sites (tertiary alicyclic amines) is 1. The number of nitrogens with one attached hydrogen (secondary N) is 1. The molecule has 2 unspecified atom stereocenters. The molecule has 2 aromatic rings. The Bertz CT molecular complexity index is 669. The van der Waals surface area contributed by atoms with E-state index in [9.17, 15) is 4.79 Å². The van der Waals surface area contributed by atoms with Crippen LogP contribution >= 0.6 is 0 Å². The lowest BCUT2D eigenvalue weighted by molar-refractivity contribution is -0.121. The molecule has 2 heterocycles. The molecule has 0 bridgehead atoms. The Kier molecular flexibility index (Phi) is 6.51. The molecule has 1 aliphatic heterocycles. The number of hydrogen-bond donors (Lipinski definition) is 1. The molecule has 4 nitrogen and oxygen atoms in total. The maximum Gasteiger partial charge on any atom is 0.220 e. The normalized spacial score (nSPS) is 20.8. The summed E-state index contributed by atoms with van der Waals surface area (Å²) in [5.41, 5.74) is 2.49. The summed E-state index contributed by atoms with van der Waals surface area (Å²) in [6, 6.07) is 12.4. The summed E-state index contributed by atoms with van der Waals surface area (Å²) in [5, 5.41) is 2.98. The first-order valence-electron chi connectivity index (χ1n) is 9.67. The molecule has 1 aliphatic rings. The summed E-state index contributed by atoms with van der Waals surface area (Å²) < 4.78 is 5.25. The second kappa shape index (κ2) is 9.04. The smallest absolute Gasteiger partial charge is 0.220 e. The van der Waals surface area contributed by atoms with Gasteiger partial charge in [-0.05, 0) is 41.5 Å². The van der Waals surface area contributed by atoms with Crippen molar-refractivity contribution in [3.8, 4) is 0 Å². The number of rotatable bonds is 7. The predicted octanol–water partition coefficient (Wildman–Crippen LogP) is 4.01. The molecule has 2 atom stereocenters. The first kappa shape index (κ1) is 18.7. The van der Waals surface area contributed by atoms with Gasteiger partial charge < -0.3 is 9.73 Å². The summed E-state index contributed by atoms with van der Waals surface area (Å²) in [7, 11) is 0. The summed E-state index contributed by atoms with van der Waals surface area (Å²) >= 11 is 0. The van der Waals surface area contributed by atoms with Crippen LogP contribution < -0.4 is 5.32 Å². The van der Waals surface area contributed by atoms with Crippen LogP contribution in [0.5, 0.6) is 0 Å². The number of carbonyl (C=O) groups excluding carboxylic acids is 1. The highest BCUT2D eigenvalue weighted by Crippen LogP contribution is 2.22. The van der Waals surface area contributed by atoms with Crippen molar-refractivity contribution in [3.63, 3.8) is 0 Å². The Morgan fingerprint density at radius 1 is 1.12 bits per heavy atom. The zero-order chi connectivity index (χ0) is 18.4. The van der Waals surface area contributed by atoms with Gasteiger partial charge in [-0.3, -0.25) is 9.69 Å². The maximum absolute atomic E-state index is 11.9. The van der Waals surface area contributed by atoms with Gasteiger partial charge in [0.2, 0.25) is 5.91 Å². The molecule has 3 rings (SSSR count). The van der Waals surface area contributed by atoms with Crippen LogP contribution in [-0.4, -0.2) is 23.9 Å². The SMILES string of the molecule is CC1CC(C)CN(Cc2ccc(CNC(=O)CCc3ccco3)cc2)C1. The Morgan fingerprint density at radius 2 is 1.81 bits per heavy atom. The molecule has 1 fully saturated rings. The van der Waals surface area contributed by atoms with Gasteiger partial charge in [0.1, 0.15) is 5.76 Å². The van der Waals surface area contributed by atoms with E-state index in [2.05, 4.69) is 48.3 Å². The minimum Gasteiger partial charge on any atom is -0.469 e. The van der Waals surface area contributed by atoms with E-state index in [0.717, 1.165) is 29.7 Å². The average molecular weight is 354 g/mol. The molecule has 4 heteroatoms. The van der Waals surface area contributed by atoms with Crippen LogP contribution in [0.25, 0.3) is 0 Å². The Hall–Kier alpha value is -2.07. The molecule has 1 saturated heterocycles. The molecule has 0 saturated carbocycles. The van der Waals surface area contributed by atoms with Gasteiger partial charge in [0.05, 0.1) is 6.26 Å². The van der Waals surface area contributed by atoms with Crippen LogP contribution in [0.4, 0.5) is 0 Å². The van der Waals surface area contributed by atoms with E-state index in [1.165, 1.54) is 25.1 Å². The van der Waals surface area contributed by atoms with Gasteiger partial charge in [0.25, 0.3) is 0 Å². The Balaban J connectivity index is 1.41. The summed E-state index contributed by atoms with van der Waals surface area (Å²) in [6.07, 6.45) is 4.08. The highest BCUT2D eigenvalue weighted by Gasteiger charge is 2.21. The van der Waals surface area contributed by atoms with E-state index in [0.29, 0.717) is 19.4 Å². The van der Waals surface area contributed by atoms with Crippen LogP contribution in [0.15, 0.2) is 47.1 Å². The predicted molar refractivity (Wildman–Crippen MR) is 104 cm³/mol. The van der Waals surface area contributed by atoms with Crippen LogP contribution in [0.1, 0.15) is 43.6 Å². The van der Waals surface area contributed by atoms with Crippen molar-refractivity contribution in [3.05, 3.63) is 59.5 Å². The van der Waals surface area contributed by atoms with Crippen molar-refractivity contribution in [2.75, 3.05) is 13.1 Å². The standard InChI is InChI=1S/C22H30N2O2/c1-17-12-18(2)15-24(14-17)16-20-7-5-19(6-8-20)13-23-22(25)10-9-21-4-3-11-26-21/h3-8,11,17-18H,9-10,12-16H2,1-2H3,(H,23,25). The largest absolute Gasteiger partial charge is 0.469 e. The van der Waals surface area contributed by atoms with Gasteiger partial charge in [-0.1, -0.05) is 38.1 Å². The monoisotopic (exact) mass is 354 g/mol. The lowest BCUT2D eigenvalue weighted by atomic mass is 9.91. The van der Waals surface area contributed by atoms with Gasteiger partial charge in [-0.15, -0.1) is 0 Å². The van der Waals surface area contributed by atoms with Gasteiger partial charge in [0.15, 0.2) is 0 Å². The Labute approximate surface area is 156 Å². The molecular weight excluding hydrogens is 324 g/mol. The lowest BCUT2D eigenvalue weighted by Crippen LogP contribution is -2.38. The summed E-state index contributed by atoms with van der Waals surface area (Å²) in [6.45, 7) is 8.68. The number of carbonyl (C=O) groups is 1. The quantitative estimate of drug-likeness (QED) is 0.817. The van der Waals surface area contributed by atoms with Crippen molar-refractivity contribution < 1.29 is 9.21 Å². The molecule has 1 aromatic heterocycles. The second-order valence-electron chi connectivity index (χ2n) is 7.81. The number of furan rings is 1.